The first kappa shape index (κ1) is 38.3. The number of carbonyl (C=O) groups excluding carboxylic acids is 2. The lowest BCUT2D eigenvalue weighted by Crippen LogP contribution is -2.25. The SMILES string of the molecule is COc1cc(NC(=O)c2cc(=O)c3ccccc3o2)c(C(=O)Nc2ccc(CCN(Cc3ccc(-n4cncn4)cc3)Cc3ccc4c(cnn4C)c3)cc2)cc1OC. The summed E-state index contributed by atoms with van der Waals surface area (Å²) in [5.41, 5.74) is 6.17. The Hall–Kier alpha value is -7.58. The first-order chi connectivity index (χ1) is 28.7. The predicted octanol–water partition coefficient (Wildman–Crippen LogP) is 7.03. The highest BCUT2D eigenvalue weighted by Gasteiger charge is 2.21. The lowest BCUT2D eigenvalue weighted by molar-refractivity contribution is 0.0997. The number of para-hydroxylation sites is 1. The summed E-state index contributed by atoms with van der Waals surface area (Å²) >= 11 is 0. The largest absolute Gasteiger partial charge is 0.493 e. The number of benzene rings is 5. The maximum Gasteiger partial charge on any atom is 0.291 e. The summed E-state index contributed by atoms with van der Waals surface area (Å²) in [6.07, 6.45) is 5.85. The van der Waals surface area contributed by atoms with Crippen LogP contribution in [0.1, 0.15) is 37.6 Å². The molecule has 8 rings (SSSR count). The van der Waals surface area contributed by atoms with Crippen molar-refractivity contribution in [3.63, 3.8) is 0 Å². The summed E-state index contributed by atoms with van der Waals surface area (Å²) in [7, 11) is 4.85. The minimum atomic E-state index is -0.714. The third-order valence-corrected chi connectivity index (χ3v) is 10.0. The molecule has 0 bridgehead atoms. The van der Waals surface area contributed by atoms with E-state index in [1.807, 2.05) is 54.3 Å². The molecule has 0 spiro atoms. The fourth-order valence-corrected chi connectivity index (χ4v) is 6.95. The van der Waals surface area contributed by atoms with Crippen molar-refractivity contribution in [1.29, 1.82) is 0 Å². The number of amides is 2. The van der Waals surface area contributed by atoms with Gasteiger partial charge in [-0.1, -0.05) is 42.5 Å². The van der Waals surface area contributed by atoms with Gasteiger partial charge in [-0.05, 0) is 77.7 Å². The van der Waals surface area contributed by atoms with E-state index in [9.17, 15) is 14.4 Å². The Bertz CT molecular complexity index is 2830. The van der Waals surface area contributed by atoms with E-state index in [-0.39, 0.29) is 28.0 Å². The van der Waals surface area contributed by atoms with Gasteiger partial charge in [0.25, 0.3) is 11.8 Å². The highest BCUT2D eigenvalue weighted by molar-refractivity contribution is 6.12. The number of fused-ring (bicyclic) bond motifs is 2. The van der Waals surface area contributed by atoms with Gasteiger partial charge in [0.15, 0.2) is 22.7 Å². The van der Waals surface area contributed by atoms with E-state index in [1.165, 1.54) is 43.8 Å². The maximum atomic E-state index is 13.8. The number of rotatable bonds is 14. The molecule has 3 aromatic heterocycles. The van der Waals surface area contributed by atoms with Crippen molar-refractivity contribution in [3.05, 3.63) is 166 Å². The van der Waals surface area contributed by atoms with E-state index >= 15 is 0 Å². The van der Waals surface area contributed by atoms with Crippen molar-refractivity contribution in [3.8, 4) is 17.2 Å². The van der Waals surface area contributed by atoms with Crippen LogP contribution in [0.4, 0.5) is 11.4 Å². The summed E-state index contributed by atoms with van der Waals surface area (Å²) < 4.78 is 20.3. The third-order valence-electron chi connectivity index (χ3n) is 10.0. The van der Waals surface area contributed by atoms with E-state index < -0.39 is 11.8 Å². The fourth-order valence-electron chi connectivity index (χ4n) is 6.95. The van der Waals surface area contributed by atoms with Gasteiger partial charge in [0, 0.05) is 49.9 Å². The van der Waals surface area contributed by atoms with Crippen LogP contribution in [0.5, 0.6) is 11.5 Å². The van der Waals surface area contributed by atoms with Crippen molar-refractivity contribution < 1.29 is 23.5 Å². The number of hydrogen-bond acceptors (Lipinski definition) is 10. The number of nitrogens with one attached hydrogen (secondary N) is 2. The second-order valence-electron chi connectivity index (χ2n) is 14.0. The smallest absolute Gasteiger partial charge is 0.291 e. The van der Waals surface area contributed by atoms with Crippen LogP contribution in [0.2, 0.25) is 0 Å². The first-order valence-corrected chi connectivity index (χ1v) is 18.8. The summed E-state index contributed by atoms with van der Waals surface area (Å²) in [6, 6.07) is 33.2. The van der Waals surface area contributed by atoms with Gasteiger partial charge in [-0.15, -0.1) is 0 Å². The van der Waals surface area contributed by atoms with Gasteiger partial charge in [-0.25, -0.2) is 9.67 Å². The van der Waals surface area contributed by atoms with E-state index in [4.69, 9.17) is 13.9 Å². The second-order valence-corrected chi connectivity index (χ2v) is 14.0. The molecule has 14 heteroatoms. The molecule has 0 aliphatic heterocycles. The van der Waals surface area contributed by atoms with Crippen LogP contribution in [-0.4, -0.2) is 62.0 Å². The van der Waals surface area contributed by atoms with Crippen molar-refractivity contribution >= 4 is 45.1 Å². The number of aromatic nitrogens is 5. The number of aryl methyl sites for hydroxylation is 1. The van der Waals surface area contributed by atoms with Crippen LogP contribution >= 0.6 is 0 Å². The molecule has 0 aliphatic carbocycles. The highest BCUT2D eigenvalue weighted by Crippen LogP contribution is 2.34. The van der Waals surface area contributed by atoms with Crippen LogP contribution < -0.4 is 25.5 Å². The Morgan fingerprint density at radius 3 is 2.27 bits per heavy atom. The zero-order chi connectivity index (χ0) is 40.9. The van der Waals surface area contributed by atoms with E-state index in [1.54, 1.807) is 35.3 Å². The lowest BCUT2D eigenvalue weighted by atomic mass is 10.1. The molecule has 5 aromatic carbocycles. The number of nitrogens with zero attached hydrogens (tertiary/aromatic N) is 6. The third kappa shape index (κ3) is 8.57. The van der Waals surface area contributed by atoms with Gasteiger partial charge in [0.2, 0.25) is 0 Å². The molecular formula is C45H40N8O6. The lowest BCUT2D eigenvalue weighted by Gasteiger charge is -2.23. The van der Waals surface area contributed by atoms with Crippen LogP contribution in [0.15, 0.2) is 137 Å². The Labute approximate surface area is 338 Å². The van der Waals surface area contributed by atoms with Crippen LogP contribution in [0.25, 0.3) is 27.6 Å². The fraction of sp³-hybridized carbons (Fsp3) is 0.156. The number of carbonyl (C=O) groups is 2. The molecule has 2 N–H and O–H groups in total. The molecule has 0 saturated carbocycles. The molecule has 296 valence electrons. The Morgan fingerprint density at radius 2 is 1.51 bits per heavy atom. The van der Waals surface area contributed by atoms with E-state index in [0.717, 1.165) is 54.3 Å². The van der Waals surface area contributed by atoms with Gasteiger partial charge in [-0.2, -0.15) is 10.2 Å². The summed E-state index contributed by atoms with van der Waals surface area (Å²) in [4.78, 5) is 46.4. The second kappa shape index (κ2) is 16.9. The minimum Gasteiger partial charge on any atom is -0.493 e. The Balaban J connectivity index is 0.973. The van der Waals surface area contributed by atoms with Gasteiger partial charge in [0.1, 0.15) is 18.2 Å². The summed E-state index contributed by atoms with van der Waals surface area (Å²) in [5.74, 6) is -0.840. The molecule has 0 saturated heterocycles. The number of anilines is 2. The van der Waals surface area contributed by atoms with Gasteiger partial charge in [-0.3, -0.25) is 24.0 Å². The molecule has 0 aliphatic rings. The van der Waals surface area contributed by atoms with Crippen LogP contribution in [0, 0.1) is 0 Å². The quantitative estimate of drug-likeness (QED) is 0.117. The van der Waals surface area contributed by atoms with Crippen molar-refractivity contribution in [2.24, 2.45) is 7.05 Å². The first-order valence-electron chi connectivity index (χ1n) is 18.8. The highest BCUT2D eigenvalue weighted by atomic mass is 16.5. The number of methoxy groups -OCH3 is 2. The normalized spacial score (nSPS) is 11.3. The standard InChI is InChI=1S/C45H40N8O6/c1-51-38-17-12-31(20-32(38)24-47-51)26-52(25-30-10-15-34(16-11-30)53-28-46-27-48-53)19-18-29-8-13-33(14-9-29)49-44(55)36-21-41(57-2)42(58-3)22-37(36)50-45(56)43-23-39(54)35-6-4-5-7-40(35)59-43/h4-17,20-24,27-28H,18-19,25-26H2,1-3H3,(H,49,55)(H,50,56). The molecule has 8 aromatic rings. The molecule has 0 fully saturated rings. The van der Waals surface area contributed by atoms with Gasteiger partial charge in [0.05, 0.1) is 48.3 Å². The molecule has 14 nitrogen and oxygen atoms in total. The zero-order valence-electron chi connectivity index (χ0n) is 32.6. The van der Waals surface area contributed by atoms with Gasteiger partial charge >= 0.3 is 0 Å². The molecule has 0 unspecified atom stereocenters. The summed E-state index contributed by atoms with van der Waals surface area (Å²) in [6.45, 7) is 2.24. The molecule has 59 heavy (non-hydrogen) atoms. The molecule has 3 heterocycles. The maximum absolute atomic E-state index is 13.8. The van der Waals surface area contributed by atoms with Crippen LogP contribution in [-0.2, 0) is 26.6 Å². The minimum absolute atomic E-state index is 0.109. The van der Waals surface area contributed by atoms with Crippen LogP contribution in [0.3, 0.4) is 0 Å². The monoisotopic (exact) mass is 788 g/mol. The topological polar surface area (TPSA) is 159 Å². The number of ether oxygens (including phenoxy) is 2. The molecule has 0 radical (unpaired) electrons. The van der Waals surface area contributed by atoms with E-state index in [0.29, 0.717) is 22.6 Å². The molecule has 2 amide bonds. The Morgan fingerprint density at radius 1 is 0.780 bits per heavy atom. The average Bonchev–Trinajstić information content (AvgIpc) is 3.93. The van der Waals surface area contributed by atoms with Gasteiger partial charge < -0.3 is 24.5 Å². The Kier molecular flexibility index (Phi) is 11.0. The van der Waals surface area contributed by atoms with Crippen molar-refractivity contribution in [2.45, 2.75) is 19.5 Å². The van der Waals surface area contributed by atoms with E-state index in [2.05, 4.69) is 61.0 Å². The van der Waals surface area contributed by atoms with Crippen molar-refractivity contribution in [1.82, 2.24) is 29.4 Å². The summed E-state index contributed by atoms with van der Waals surface area (Å²) in [5, 5.41) is 15.7. The number of hydrogen-bond donors (Lipinski definition) is 2. The van der Waals surface area contributed by atoms with Crippen molar-refractivity contribution in [2.75, 3.05) is 31.4 Å². The molecular weight excluding hydrogens is 749 g/mol. The average molecular weight is 789 g/mol. The predicted molar refractivity (Wildman–Crippen MR) is 224 cm³/mol. The molecule has 0 atom stereocenters. The zero-order valence-corrected chi connectivity index (χ0v) is 32.6.